The summed E-state index contributed by atoms with van der Waals surface area (Å²) in [5, 5.41) is 14.7. The molecule has 2 aliphatic rings. The van der Waals surface area contributed by atoms with Gasteiger partial charge in [-0.3, -0.25) is 4.79 Å². The first-order valence-electron chi connectivity index (χ1n) is 9.12. The Kier molecular flexibility index (Phi) is 4.17. The lowest BCUT2D eigenvalue weighted by Crippen LogP contribution is -3.14. The Morgan fingerprint density at radius 1 is 1.15 bits per heavy atom. The topological polar surface area (TPSA) is 74.1 Å². The number of carbonyl (C=O) groups is 2. The Morgan fingerprint density at radius 3 is 2.58 bits per heavy atom. The minimum atomic E-state index is -1.05. The van der Waals surface area contributed by atoms with E-state index in [0.717, 1.165) is 34.3 Å². The van der Waals surface area contributed by atoms with E-state index in [4.69, 9.17) is 0 Å². The molecule has 0 aromatic heterocycles. The molecular formula is C20H24N3O3+. The van der Waals surface area contributed by atoms with Crippen LogP contribution in [0.5, 0.6) is 0 Å². The van der Waals surface area contributed by atoms with E-state index in [1.165, 1.54) is 4.90 Å². The van der Waals surface area contributed by atoms with Crippen molar-refractivity contribution < 1.29 is 19.6 Å². The number of hydrogen-bond donors (Lipinski definition) is 3. The summed E-state index contributed by atoms with van der Waals surface area (Å²) < 4.78 is 0. The highest BCUT2D eigenvalue weighted by molar-refractivity contribution is 6.07. The summed E-state index contributed by atoms with van der Waals surface area (Å²) in [7, 11) is 0. The van der Waals surface area contributed by atoms with Gasteiger partial charge in [0.05, 0.1) is 19.2 Å². The Labute approximate surface area is 152 Å². The first-order chi connectivity index (χ1) is 12.5. The van der Waals surface area contributed by atoms with Crippen molar-refractivity contribution in [3.05, 3.63) is 48.0 Å². The number of rotatable bonds is 3. The van der Waals surface area contributed by atoms with Crippen LogP contribution in [0.4, 0.5) is 4.79 Å². The van der Waals surface area contributed by atoms with Crippen LogP contribution < -0.4 is 10.2 Å². The third-order valence-corrected chi connectivity index (χ3v) is 5.65. The zero-order chi connectivity index (χ0) is 18.3. The van der Waals surface area contributed by atoms with E-state index < -0.39 is 5.54 Å². The van der Waals surface area contributed by atoms with E-state index in [9.17, 15) is 14.7 Å². The van der Waals surface area contributed by atoms with E-state index in [1.807, 2.05) is 42.5 Å². The smallest absolute Gasteiger partial charge is 0.329 e. The Balaban J connectivity index is 1.58. The number of hydrogen-bond acceptors (Lipinski definition) is 3. The molecule has 2 aromatic carbocycles. The molecule has 0 unspecified atom stereocenters. The number of nitrogens with zero attached hydrogens (tertiary/aromatic N) is 1. The van der Waals surface area contributed by atoms with Gasteiger partial charge in [0.15, 0.2) is 6.67 Å². The largest absolute Gasteiger partial charge is 0.393 e. The fourth-order valence-corrected chi connectivity index (χ4v) is 3.93. The highest BCUT2D eigenvalue weighted by Gasteiger charge is 2.50. The summed E-state index contributed by atoms with van der Waals surface area (Å²) in [5.41, 5.74) is -0.253. The minimum Gasteiger partial charge on any atom is -0.393 e. The van der Waals surface area contributed by atoms with Crippen LogP contribution >= 0.6 is 0 Å². The molecule has 2 heterocycles. The number of nitrogens with one attached hydrogen (secondary N) is 2. The zero-order valence-corrected chi connectivity index (χ0v) is 14.9. The molecule has 6 heteroatoms. The maximum Gasteiger partial charge on any atom is 0.329 e. The van der Waals surface area contributed by atoms with Crippen LogP contribution in [0.3, 0.4) is 0 Å². The molecule has 6 nitrogen and oxygen atoms in total. The number of amides is 3. The van der Waals surface area contributed by atoms with Gasteiger partial charge < -0.3 is 15.3 Å². The summed E-state index contributed by atoms with van der Waals surface area (Å²) in [6.45, 7) is 3.66. The van der Waals surface area contributed by atoms with Crippen molar-refractivity contribution in [3.63, 3.8) is 0 Å². The van der Waals surface area contributed by atoms with E-state index in [1.54, 1.807) is 6.92 Å². The number of imide groups is 1. The number of benzene rings is 2. The zero-order valence-electron chi connectivity index (χ0n) is 14.9. The maximum absolute atomic E-state index is 13.1. The summed E-state index contributed by atoms with van der Waals surface area (Å²) in [4.78, 5) is 28.1. The lowest BCUT2D eigenvalue weighted by molar-refractivity contribution is -0.913. The van der Waals surface area contributed by atoms with Gasteiger partial charge in [-0.25, -0.2) is 9.69 Å². The van der Waals surface area contributed by atoms with Gasteiger partial charge >= 0.3 is 6.03 Å². The number of quaternary nitrogens is 1. The van der Waals surface area contributed by atoms with Gasteiger partial charge in [0.1, 0.15) is 5.54 Å². The van der Waals surface area contributed by atoms with Crippen LogP contribution in [0, 0.1) is 0 Å². The Hall–Kier alpha value is -2.44. The molecule has 2 saturated heterocycles. The van der Waals surface area contributed by atoms with Gasteiger partial charge in [-0.05, 0) is 29.3 Å². The highest BCUT2D eigenvalue weighted by atomic mass is 16.3. The molecule has 1 atom stereocenters. The second kappa shape index (κ2) is 6.37. The molecule has 3 N–H and O–H groups in total. The standard InChI is InChI=1S/C20H23N3O3/c1-20(16-7-6-14-4-2-3-5-15(14)12-16)18(25)23(19(26)21-20)13-22-10-8-17(24)9-11-22/h2-7,12,17,24H,8-11,13H2,1H3,(H,21,26)/p+1/t20-/m1/s1. The molecule has 3 amide bonds. The summed E-state index contributed by atoms with van der Waals surface area (Å²) in [6, 6.07) is 13.5. The van der Waals surface area contributed by atoms with Gasteiger partial charge in [0.2, 0.25) is 0 Å². The first kappa shape index (κ1) is 17.0. The maximum atomic E-state index is 13.1. The normalized spacial score (nSPS) is 29.2. The molecule has 26 heavy (non-hydrogen) atoms. The molecule has 2 aromatic rings. The Morgan fingerprint density at radius 2 is 1.85 bits per heavy atom. The molecule has 0 saturated carbocycles. The van der Waals surface area contributed by atoms with Gasteiger partial charge in [-0.15, -0.1) is 0 Å². The third kappa shape index (κ3) is 2.85. The van der Waals surface area contributed by atoms with Crippen LogP contribution in [-0.2, 0) is 10.3 Å². The van der Waals surface area contributed by atoms with E-state index in [2.05, 4.69) is 5.32 Å². The summed E-state index contributed by atoms with van der Waals surface area (Å²) in [6.07, 6.45) is 1.16. The van der Waals surface area contributed by atoms with Crippen molar-refractivity contribution in [1.29, 1.82) is 0 Å². The molecular weight excluding hydrogens is 330 g/mol. The van der Waals surface area contributed by atoms with Crippen LogP contribution in [0.1, 0.15) is 25.3 Å². The van der Waals surface area contributed by atoms with Gasteiger partial charge in [0, 0.05) is 12.8 Å². The van der Waals surface area contributed by atoms with Crippen LogP contribution in [0.2, 0.25) is 0 Å². The average molecular weight is 354 g/mol. The number of likely N-dealkylation sites (tertiary alicyclic amines) is 1. The number of carbonyl (C=O) groups excluding carboxylic acids is 2. The summed E-state index contributed by atoms with van der Waals surface area (Å²) >= 11 is 0. The SMILES string of the molecule is C[C@]1(c2ccc3ccccc3c2)NC(=O)N(C[NH+]2CCC(O)CC2)C1=O. The van der Waals surface area contributed by atoms with Gasteiger partial charge in [-0.2, -0.15) is 0 Å². The molecule has 0 spiro atoms. The quantitative estimate of drug-likeness (QED) is 0.707. The van der Waals surface area contributed by atoms with Crippen molar-refractivity contribution in [1.82, 2.24) is 10.2 Å². The molecule has 2 fully saturated rings. The van der Waals surface area contributed by atoms with Gasteiger partial charge in [0.25, 0.3) is 5.91 Å². The highest BCUT2D eigenvalue weighted by Crippen LogP contribution is 2.30. The van der Waals surface area contributed by atoms with E-state index >= 15 is 0 Å². The third-order valence-electron chi connectivity index (χ3n) is 5.65. The predicted molar refractivity (Wildman–Crippen MR) is 97.5 cm³/mol. The van der Waals surface area contributed by atoms with Crippen molar-refractivity contribution >= 4 is 22.7 Å². The molecule has 0 radical (unpaired) electrons. The van der Waals surface area contributed by atoms with Crippen LogP contribution in [0.15, 0.2) is 42.5 Å². The molecule has 2 aliphatic heterocycles. The Bertz CT molecular complexity index is 860. The minimum absolute atomic E-state index is 0.212. The second-order valence-corrected chi connectivity index (χ2v) is 7.49. The number of piperidine rings is 1. The van der Waals surface area contributed by atoms with Crippen molar-refractivity contribution in [2.24, 2.45) is 0 Å². The lowest BCUT2D eigenvalue weighted by Gasteiger charge is -2.29. The predicted octanol–water partition coefficient (Wildman–Crippen LogP) is 0.604. The number of fused-ring (bicyclic) bond motifs is 1. The average Bonchev–Trinajstić information content (AvgIpc) is 2.87. The molecule has 136 valence electrons. The first-order valence-corrected chi connectivity index (χ1v) is 9.12. The van der Waals surface area contributed by atoms with Crippen LogP contribution in [0.25, 0.3) is 10.8 Å². The van der Waals surface area contributed by atoms with Crippen molar-refractivity contribution in [2.75, 3.05) is 19.8 Å². The van der Waals surface area contributed by atoms with E-state index in [0.29, 0.717) is 19.5 Å². The second-order valence-electron chi connectivity index (χ2n) is 7.49. The number of aliphatic hydroxyl groups is 1. The molecule has 0 aliphatic carbocycles. The monoisotopic (exact) mass is 354 g/mol. The molecule has 4 rings (SSSR count). The number of aliphatic hydroxyl groups excluding tert-OH is 1. The molecule has 0 bridgehead atoms. The lowest BCUT2D eigenvalue weighted by atomic mass is 9.90. The van der Waals surface area contributed by atoms with Crippen molar-refractivity contribution in [3.8, 4) is 0 Å². The van der Waals surface area contributed by atoms with Crippen molar-refractivity contribution in [2.45, 2.75) is 31.4 Å². The van der Waals surface area contributed by atoms with Gasteiger partial charge in [-0.1, -0.05) is 36.4 Å². The fourth-order valence-electron chi connectivity index (χ4n) is 3.93. The van der Waals surface area contributed by atoms with Crippen LogP contribution in [-0.4, -0.2) is 47.8 Å². The summed E-state index contributed by atoms with van der Waals surface area (Å²) in [5.74, 6) is -0.212. The van der Waals surface area contributed by atoms with E-state index in [-0.39, 0.29) is 18.0 Å². The fraction of sp³-hybridized carbons (Fsp3) is 0.400. The number of urea groups is 1.